The predicted molar refractivity (Wildman–Crippen MR) is 87.6 cm³/mol. The van der Waals surface area contributed by atoms with E-state index in [2.05, 4.69) is 9.47 Å². The fraction of sp³-hybridized carbons (Fsp3) is 0.333. The van der Waals surface area contributed by atoms with Gasteiger partial charge >= 0.3 is 24.3 Å². The summed E-state index contributed by atoms with van der Waals surface area (Å²) in [5, 5.41) is 0. The molecule has 14 heteroatoms. The first kappa shape index (κ1) is 21.4. The largest absolute Gasteiger partial charge is 0.465 e. The Morgan fingerprint density at radius 2 is 1.00 bits per heavy atom. The minimum Gasteiger partial charge on any atom is -0.465 e. The molecule has 2 aliphatic rings. The summed E-state index contributed by atoms with van der Waals surface area (Å²) < 4.78 is 86.7. The maximum Gasteiger partial charge on any atom is 0.423 e. The van der Waals surface area contributed by atoms with Gasteiger partial charge in [0, 0.05) is 0 Å². The molecular weight excluding hydrogens is 450 g/mol. The third-order valence-corrected chi connectivity index (χ3v) is 8.38. The molecular formula is C12H6F6O4S4. The fourth-order valence-corrected chi connectivity index (χ4v) is 6.83. The number of thioether (sulfide) groups is 4. The molecule has 4 nitrogen and oxygen atoms in total. The van der Waals surface area contributed by atoms with Crippen molar-refractivity contribution in [1.82, 2.24) is 0 Å². The summed E-state index contributed by atoms with van der Waals surface area (Å²) in [6, 6.07) is 0. The second kappa shape index (κ2) is 7.64. The van der Waals surface area contributed by atoms with Gasteiger partial charge in [-0.2, -0.15) is 26.3 Å². The van der Waals surface area contributed by atoms with Gasteiger partial charge in [0.2, 0.25) is 0 Å². The van der Waals surface area contributed by atoms with Crippen molar-refractivity contribution in [1.29, 1.82) is 0 Å². The average molecular weight is 456 g/mol. The summed E-state index contributed by atoms with van der Waals surface area (Å²) in [5.74, 6) is -2.51. The number of halogens is 6. The van der Waals surface area contributed by atoms with Gasteiger partial charge in [0.05, 0.1) is 22.7 Å². The van der Waals surface area contributed by atoms with Gasteiger partial charge < -0.3 is 9.47 Å². The molecule has 2 rings (SSSR count). The van der Waals surface area contributed by atoms with E-state index in [1.807, 2.05) is 0 Å². The number of carbonyl (C=O) groups excluding carboxylic acids is 2. The van der Waals surface area contributed by atoms with Gasteiger partial charge in [-0.05, 0) is 0 Å². The molecule has 0 aromatic rings. The lowest BCUT2D eigenvalue weighted by Crippen LogP contribution is -2.13. The second-order valence-corrected chi connectivity index (χ2v) is 8.88. The molecule has 144 valence electrons. The number of ether oxygens (including phenoxy) is 2. The van der Waals surface area contributed by atoms with Gasteiger partial charge in [0.25, 0.3) is 0 Å². The number of carbonyl (C=O) groups is 2. The van der Waals surface area contributed by atoms with Crippen molar-refractivity contribution in [2.24, 2.45) is 0 Å². The van der Waals surface area contributed by atoms with Crippen molar-refractivity contribution in [3.8, 4) is 0 Å². The number of methoxy groups -OCH3 is 2. The quantitative estimate of drug-likeness (QED) is 0.427. The number of allylic oxidation sites excluding steroid dienone is 2. The van der Waals surface area contributed by atoms with Gasteiger partial charge in [-0.3, -0.25) is 0 Å². The first-order valence-corrected chi connectivity index (χ1v) is 9.42. The molecule has 0 spiro atoms. The molecule has 2 aliphatic heterocycles. The van der Waals surface area contributed by atoms with Crippen LogP contribution in [-0.2, 0) is 19.1 Å². The van der Waals surface area contributed by atoms with E-state index < -0.39 is 43.9 Å². The summed E-state index contributed by atoms with van der Waals surface area (Å²) in [4.78, 5) is 19.0. The van der Waals surface area contributed by atoms with Crippen LogP contribution in [0.3, 0.4) is 0 Å². The zero-order valence-corrected chi connectivity index (χ0v) is 15.8. The van der Waals surface area contributed by atoms with Gasteiger partial charge in [0.1, 0.15) is 19.6 Å². The number of esters is 2. The van der Waals surface area contributed by atoms with Gasteiger partial charge in [-0.15, -0.1) is 0 Å². The summed E-state index contributed by atoms with van der Waals surface area (Å²) in [7, 11) is 1.77. The molecule has 26 heavy (non-hydrogen) atoms. The molecule has 0 N–H and O–H groups in total. The van der Waals surface area contributed by atoms with E-state index >= 15 is 0 Å². The maximum atomic E-state index is 13.1. The first-order valence-electron chi connectivity index (χ1n) is 6.15. The van der Waals surface area contributed by atoms with E-state index in [0.29, 0.717) is 23.5 Å². The van der Waals surface area contributed by atoms with E-state index in [1.54, 1.807) is 0 Å². The normalized spacial score (nSPS) is 21.5. The highest BCUT2D eigenvalue weighted by atomic mass is 32.2. The van der Waals surface area contributed by atoms with Gasteiger partial charge in [-0.25, -0.2) is 9.59 Å². The maximum absolute atomic E-state index is 13.1. The molecule has 0 saturated heterocycles. The van der Waals surface area contributed by atoms with Gasteiger partial charge in [-0.1, -0.05) is 47.0 Å². The molecule has 0 amide bonds. The highest BCUT2D eigenvalue weighted by Crippen LogP contribution is 2.64. The van der Waals surface area contributed by atoms with Crippen LogP contribution < -0.4 is 0 Å². The summed E-state index contributed by atoms with van der Waals surface area (Å²) in [6.07, 6.45) is -9.77. The lowest BCUT2D eigenvalue weighted by Gasteiger charge is -2.08. The Hall–Kier alpha value is -0.860. The molecule has 0 unspecified atom stereocenters. The Labute approximate surface area is 159 Å². The van der Waals surface area contributed by atoms with Crippen LogP contribution in [0.15, 0.2) is 28.1 Å². The molecule has 0 aromatic carbocycles. The molecule has 0 radical (unpaired) electrons. The lowest BCUT2D eigenvalue weighted by atomic mass is 10.5. The average Bonchev–Trinajstić information content (AvgIpc) is 3.16. The number of hydrogen-bond donors (Lipinski definition) is 0. The van der Waals surface area contributed by atoms with E-state index in [4.69, 9.17) is 0 Å². The highest BCUT2D eigenvalue weighted by Gasteiger charge is 2.48. The molecule has 0 aliphatic carbocycles. The molecule has 0 bridgehead atoms. The minimum absolute atomic E-state index is 0.109. The Balaban J connectivity index is 2.40. The number of hydrogen-bond acceptors (Lipinski definition) is 8. The van der Waals surface area contributed by atoms with Crippen LogP contribution in [0.2, 0.25) is 0 Å². The number of rotatable bonds is 2. The van der Waals surface area contributed by atoms with Crippen LogP contribution in [0.5, 0.6) is 0 Å². The molecule has 0 saturated carbocycles. The predicted octanol–water partition coefficient (Wildman–Crippen LogP) is 4.97. The zero-order chi connectivity index (χ0) is 19.9. The van der Waals surface area contributed by atoms with Gasteiger partial charge in [0.15, 0.2) is 0 Å². The fourth-order valence-electron chi connectivity index (χ4n) is 1.59. The van der Waals surface area contributed by atoms with Crippen LogP contribution in [0.4, 0.5) is 26.3 Å². The second-order valence-electron chi connectivity index (χ2n) is 4.28. The Bertz CT molecular complexity index is 688. The highest BCUT2D eigenvalue weighted by molar-refractivity contribution is 8.34. The Kier molecular flexibility index (Phi) is 6.30. The van der Waals surface area contributed by atoms with Crippen molar-refractivity contribution in [3.05, 3.63) is 28.1 Å². The van der Waals surface area contributed by atoms with Crippen molar-refractivity contribution in [2.75, 3.05) is 14.2 Å². The standard InChI is InChI=1S/C12H6F6O4S4/c1-21-7(19)3-5(11(13,14)15)25-9(23-3)10-24-4(8(20)22-2)6(26-10)12(16,17)18/h1-2H3/b10-9+. The Morgan fingerprint density at radius 1 is 0.692 bits per heavy atom. The van der Waals surface area contributed by atoms with E-state index in [9.17, 15) is 35.9 Å². The SMILES string of the molecule is COC(=O)C1=C(C(F)(F)F)S/C(=C2\SC(C(=O)OC)=C(C(F)(F)F)S2)S1. The van der Waals surface area contributed by atoms with Crippen LogP contribution in [0, 0.1) is 0 Å². The van der Waals surface area contributed by atoms with Crippen LogP contribution >= 0.6 is 47.0 Å². The van der Waals surface area contributed by atoms with Crippen molar-refractivity contribution >= 4 is 59.0 Å². The van der Waals surface area contributed by atoms with Crippen molar-refractivity contribution < 1.29 is 45.4 Å². The topological polar surface area (TPSA) is 52.6 Å². The van der Waals surface area contributed by atoms with Crippen molar-refractivity contribution in [2.45, 2.75) is 12.4 Å². The zero-order valence-electron chi connectivity index (χ0n) is 12.5. The molecule has 0 fully saturated rings. The molecule has 2 heterocycles. The summed E-state index contributed by atoms with van der Waals surface area (Å²) in [6.45, 7) is 0. The third-order valence-electron chi connectivity index (χ3n) is 2.61. The van der Waals surface area contributed by atoms with Crippen LogP contribution in [0.25, 0.3) is 0 Å². The molecule has 0 aromatic heterocycles. The first-order chi connectivity index (χ1) is 11.9. The van der Waals surface area contributed by atoms with E-state index in [-0.39, 0.29) is 32.0 Å². The number of alkyl halides is 6. The smallest absolute Gasteiger partial charge is 0.423 e. The lowest BCUT2D eigenvalue weighted by molar-refractivity contribution is -0.136. The van der Waals surface area contributed by atoms with E-state index in [1.165, 1.54) is 0 Å². The minimum atomic E-state index is -4.89. The van der Waals surface area contributed by atoms with Crippen molar-refractivity contribution in [3.63, 3.8) is 0 Å². The van der Waals surface area contributed by atoms with E-state index in [0.717, 1.165) is 14.2 Å². The third kappa shape index (κ3) is 4.34. The van der Waals surface area contributed by atoms with Crippen LogP contribution in [-0.4, -0.2) is 38.5 Å². The summed E-state index contributed by atoms with van der Waals surface area (Å²) in [5.41, 5.74) is 0. The Morgan fingerprint density at radius 3 is 1.23 bits per heavy atom. The molecule has 0 atom stereocenters. The monoisotopic (exact) mass is 456 g/mol. The summed E-state index contributed by atoms with van der Waals surface area (Å²) >= 11 is 0.918. The van der Waals surface area contributed by atoms with Crippen LogP contribution in [0.1, 0.15) is 0 Å².